The summed E-state index contributed by atoms with van der Waals surface area (Å²) in [6.07, 6.45) is 2.33. The van der Waals surface area contributed by atoms with Gasteiger partial charge in [0.25, 0.3) is 5.56 Å². The number of halogens is 2. The molecule has 3 N–H and O–H groups in total. The number of rotatable bonds is 4. The summed E-state index contributed by atoms with van der Waals surface area (Å²) in [4.78, 5) is 26.2. The van der Waals surface area contributed by atoms with Crippen LogP contribution in [0.1, 0.15) is 18.4 Å². The molecule has 22 heavy (non-hydrogen) atoms. The first-order valence-electron chi connectivity index (χ1n) is 6.47. The Kier molecular flexibility index (Phi) is 4.72. The number of nitrogens with zero attached hydrogens (tertiary/aromatic N) is 4. The molecule has 3 heterocycles. The topological polar surface area (TPSA) is 104 Å². The fourth-order valence-corrected chi connectivity index (χ4v) is 2.38. The van der Waals surface area contributed by atoms with Crippen LogP contribution in [-0.4, -0.2) is 29.7 Å². The van der Waals surface area contributed by atoms with Gasteiger partial charge >= 0.3 is 0 Å². The summed E-state index contributed by atoms with van der Waals surface area (Å²) < 4.78 is 1.49. The molecular formula is C12H15Cl2N7O. The van der Waals surface area contributed by atoms with E-state index in [0.717, 1.165) is 12.1 Å². The average Bonchev–Trinajstić information content (AvgIpc) is 3.00. The van der Waals surface area contributed by atoms with Gasteiger partial charge in [-0.25, -0.2) is 9.97 Å². The third-order valence-corrected chi connectivity index (χ3v) is 3.47. The molecule has 3 aromatic rings. The van der Waals surface area contributed by atoms with Gasteiger partial charge in [0.05, 0.1) is 18.4 Å². The summed E-state index contributed by atoms with van der Waals surface area (Å²) >= 11 is 5.98. The van der Waals surface area contributed by atoms with Gasteiger partial charge in [-0.1, -0.05) is 18.5 Å². The van der Waals surface area contributed by atoms with E-state index in [1.807, 2.05) is 6.92 Å². The molecular weight excluding hydrogens is 329 g/mol. The van der Waals surface area contributed by atoms with Crippen molar-refractivity contribution in [1.82, 2.24) is 29.7 Å². The first-order valence-corrected chi connectivity index (χ1v) is 6.85. The van der Waals surface area contributed by atoms with E-state index in [1.54, 1.807) is 13.2 Å². The molecule has 8 nitrogen and oxygen atoms in total. The van der Waals surface area contributed by atoms with Crippen molar-refractivity contribution in [2.75, 3.05) is 5.32 Å². The van der Waals surface area contributed by atoms with Gasteiger partial charge in [0.1, 0.15) is 16.5 Å². The van der Waals surface area contributed by atoms with Gasteiger partial charge in [-0.2, -0.15) is 5.10 Å². The Hall–Kier alpha value is -2.06. The molecule has 0 saturated carbocycles. The lowest BCUT2D eigenvalue weighted by Gasteiger charge is -2.03. The average molecular weight is 344 g/mol. The van der Waals surface area contributed by atoms with E-state index in [9.17, 15) is 4.79 Å². The quantitative estimate of drug-likeness (QED) is 0.667. The van der Waals surface area contributed by atoms with Crippen molar-refractivity contribution >= 4 is 41.0 Å². The summed E-state index contributed by atoms with van der Waals surface area (Å²) in [5.41, 5.74) is 1.62. The predicted octanol–water partition coefficient (Wildman–Crippen LogP) is 1.63. The van der Waals surface area contributed by atoms with Crippen LogP contribution in [0, 0.1) is 0 Å². The second-order valence-corrected chi connectivity index (χ2v) is 4.93. The number of aryl methyl sites for hydroxylation is 2. The standard InChI is InChI=1S/C12H14ClN7O.ClH/c1-3-6-10(13)18-8(16-6)5-14-12-17-7-4-15-20(2)9(7)11(21)19-12;/h4H,3,5H2,1-2H3,(H,16,18)(H2,14,17,19,21);1H. The van der Waals surface area contributed by atoms with E-state index in [0.29, 0.717) is 34.5 Å². The Balaban J connectivity index is 0.00000176. The van der Waals surface area contributed by atoms with Crippen LogP contribution in [0.15, 0.2) is 11.0 Å². The number of anilines is 1. The Morgan fingerprint density at radius 3 is 2.82 bits per heavy atom. The monoisotopic (exact) mass is 343 g/mol. The molecule has 118 valence electrons. The zero-order valence-electron chi connectivity index (χ0n) is 12.0. The Morgan fingerprint density at radius 2 is 2.14 bits per heavy atom. The number of hydrogen-bond acceptors (Lipinski definition) is 5. The van der Waals surface area contributed by atoms with Gasteiger partial charge in [-0.05, 0) is 6.42 Å². The largest absolute Gasteiger partial charge is 0.348 e. The zero-order chi connectivity index (χ0) is 15.0. The molecule has 0 bridgehead atoms. The minimum Gasteiger partial charge on any atom is -0.348 e. The first kappa shape index (κ1) is 16.3. The van der Waals surface area contributed by atoms with E-state index in [2.05, 4.69) is 30.4 Å². The predicted molar refractivity (Wildman–Crippen MR) is 86.7 cm³/mol. The van der Waals surface area contributed by atoms with Crippen molar-refractivity contribution in [3.63, 3.8) is 0 Å². The smallest absolute Gasteiger partial charge is 0.278 e. The summed E-state index contributed by atoms with van der Waals surface area (Å²) in [7, 11) is 1.70. The van der Waals surface area contributed by atoms with Crippen molar-refractivity contribution in [2.45, 2.75) is 19.9 Å². The highest BCUT2D eigenvalue weighted by molar-refractivity contribution is 6.30. The molecule has 0 unspecified atom stereocenters. The van der Waals surface area contributed by atoms with Crippen LogP contribution in [-0.2, 0) is 20.0 Å². The maximum Gasteiger partial charge on any atom is 0.278 e. The van der Waals surface area contributed by atoms with Crippen LogP contribution in [0.5, 0.6) is 0 Å². The van der Waals surface area contributed by atoms with Crippen LogP contribution in [0.25, 0.3) is 11.0 Å². The third-order valence-electron chi connectivity index (χ3n) is 3.15. The molecule has 0 amide bonds. The first-order chi connectivity index (χ1) is 10.1. The van der Waals surface area contributed by atoms with Crippen molar-refractivity contribution in [3.05, 3.63) is 33.2 Å². The number of fused-ring (bicyclic) bond motifs is 1. The molecule has 3 aromatic heterocycles. The third kappa shape index (κ3) is 2.93. The second kappa shape index (κ2) is 6.37. The summed E-state index contributed by atoms with van der Waals surface area (Å²) in [5, 5.41) is 7.49. The van der Waals surface area contributed by atoms with Gasteiger partial charge < -0.3 is 10.3 Å². The van der Waals surface area contributed by atoms with Crippen LogP contribution in [0.4, 0.5) is 5.95 Å². The SMILES string of the molecule is CCc1[nH]c(CNc2nc3cnn(C)c3c(=O)[nH]2)nc1Cl.Cl. The molecule has 0 spiro atoms. The Labute approximate surface area is 136 Å². The molecule has 0 saturated heterocycles. The fourth-order valence-electron chi connectivity index (χ4n) is 2.09. The molecule has 0 radical (unpaired) electrons. The number of aromatic amines is 2. The van der Waals surface area contributed by atoms with Crippen LogP contribution in [0.3, 0.4) is 0 Å². The lowest BCUT2D eigenvalue weighted by Crippen LogP contribution is -2.15. The van der Waals surface area contributed by atoms with Crippen molar-refractivity contribution in [3.8, 4) is 0 Å². The molecule has 0 atom stereocenters. The molecule has 0 aromatic carbocycles. The van der Waals surface area contributed by atoms with Gasteiger partial charge in [-0.15, -0.1) is 12.4 Å². The lowest BCUT2D eigenvalue weighted by atomic mass is 10.4. The molecule has 0 fully saturated rings. The van der Waals surface area contributed by atoms with Crippen LogP contribution in [0.2, 0.25) is 5.15 Å². The second-order valence-electron chi connectivity index (χ2n) is 4.58. The van der Waals surface area contributed by atoms with Gasteiger partial charge in [0.2, 0.25) is 5.95 Å². The minimum absolute atomic E-state index is 0. The minimum atomic E-state index is -0.241. The zero-order valence-corrected chi connectivity index (χ0v) is 13.5. The van der Waals surface area contributed by atoms with Crippen molar-refractivity contribution < 1.29 is 0 Å². The van der Waals surface area contributed by atoms with E-state index in [1.165, 1.54) is 4.68 Å². The Morgan fingerprint density at radius 1 is 1.36 bits per heavy atom. The number of hydrogen-bond donors (Lipinski definition) is 3. The van der Waals surface area contributed by atoms with E-state index in [-0.39, 0.29) is 18.0 Å². The maximum atomic E-state index is 12.0. The summed E-state index contributed by atoms with van der Waals surface area (Å²) in [6, 6.07) is 0. The molecule has 0 aliphatic carbocycles. The summed E-state index contributed by atoms with van der Waals surface area (Å²) in [5.74, 6) is 1.05. The molecule has 3 rings (SSSR count). The van der Waals surface area contributed by atoms with E-state index in [4.69, 9.17) is 11.6 Å². The highest BCUT2D eigenvalue weighted by Crippen LogP contribution is 2.14. The van der Waals surface area contributed by atoms with Gasteiger partial charge in [-0.3, -0.25) is 14.5 Å². The van der Waals surface area contributed by atoms with E-state index >= 15 is 0 Å². The fraction of sp³-hybridized carbons (Fsp3) is 0.333. The molecule has 10 heteroatoms. The number of aromatic nitrogens is 6. The van der Waals surface area contributed by atoms with Gasteiger partial charge in [0.15, 0.2) is 5.52 Å². The lowest BCUT2D eigenvalue weighted by molar-refractivity contribution is 0.792. The normalized spacial score (nSPS) is 10.7. The molecule has 0 aliphatic heterocycles. The number of nitrogens with one attached hydrogen (secondary N) is 3. The maximum absolute atomic E-state index is 12.0. The van der Waals surface area contributed by atoms with Crippen LogP contribution >= 0.6 is 24.0 Å². The number of H-pyrrole nitrogens is 2. The highest BCUT2D eigenvalue weighted by atomic mass is 35.5. The summed E-state index contributed by atoms with van der Waals surface area (Å²) in [6.45, 7) is 2.38. The molecule has 0 aliphatic rings. The number of imidazole rings is 1. The highest BCUT2D eigenvalue weighted by Gasteiger charge is 2.09. The van der Waals surface area contributed by atoms with Crippen LogP contribution < -0.4 is 10.9 Å². The van der Waals surface area contributed by atoms with Gasteiger partial charge in [0, 0.05) is 7.05 Å². The Bertz CT molecular complexity index is 851. The van der Waals surface area contributed by atoms with Crippen molar-refractivity contribution in [1.29, 1.82) is 0 Å². The van der Waals surface area contributed by atoms with Crippen molar-refractivity contribution in [2.24, 2.45) is 7.05 Å². The van der Waals surface area contributed by atoms with E-state index < -0.39 is 0 Å².